The quantitative estimate of drug-likeness (QED) is 0.314. The first-order chi connectivity index (χ1) is 18.1. The minimum absolute atomic E-state index is 0.101. The number of benzene rings is 2. The molecule has 0 saturated heterocycles. The Morgan fingerprint density at radius 3 is 2.76 bits per heavy atom. The molecule has 0 amide bonds. The predicted molar refractivity (Wildman–Crippen MR) is 144 cm³/mol. The summed E-state index contributed by atoms with van der Waals surface area (Å²) in [6.45, 7) is 6.28. The lowest BCUT2D eigenvalue weighted by molar-refractivity contribution is -0.137. The molecule has 38 heavy (non-hydrogen) atoms. The van der Waals surface area contributed by atoms with Crippen molar-refractivity contribution in [2.24, 2.45) is 7.05 Å². The molecule has 2 aromatic carbocycles. The number of nitrogens with zero attached hydrogens (tertiary/aromatic N) is 5. The number of aromatic nitrogens is 4. The molecule has 3 heterocycles. The largest absolute Gasteiger partial charge is 0.486 e. The number of hydrogen-bond acceptors (Lipinski definition) is 8. The highest BCUT2D eigenvalue weighted by atomic mass is 32.3. The molecule has 10 nitrogen and oxygen atoms in total. The van der Waals surface area contributed by atoms with Gasteiger partial charge in [0.25, 0.3) is 0 Å². The Kier molecular flexibility index (Phi) is 6.86. The molecule has 0 bridgehead atoms. The molecule has 0 fully saturated rings. The van der Waals surface area contributed by atoms with Crippen LogP contribution in [0.25, 0.3) is 11.0 Å². The molecular formula is C27H31N5O5S. The van der Waals surface area contributed by atoms with Crippen LogP contribution in [0.15, 0.2) is 53.7 Å². The molecule has 1 aliphatic rings. The number of pyridine rings is 1. The molecule has 0 saturated carbocycles. The van der Waals surface area contributed by atoms with Crippen molar-refractivity contribution in [3.05, 3.63) is 76.5 Å². The van der Waals surface area contributed by atoms with Crippen LogP contribution in [-0.2, 0) is 18.4 Å². The molecule has 3 N–H and O–H groups in total. The fourth-order valence-electron chi connectivity index (χ4n) is 5.07. The highest BCUT2D eigenvalue weighted by molar-refractivity contribution is 8.22. The topological polar surface area (TPSA) is 134 Å². The van der Waals surface area contributed by atoms with E-state index in [2.05, 4.69) is 15.3 Å². The minimum atomic E-state index is -3.41. The van der Waals surface area contributed by atoms with E-state index in [-0.39, 0.29) is 30.6 Å². The Morgan fingerprint density at radius 1 is 1.21 bits per heavy atom. The Hall–Kier alpha value is -3.51. The summed E-state index contributed by atoms with van der Waals surface area (Å²) in [5.74, 6) is -0.970. The monoisotopic (exact) mass is 537 g/mol. The van der Waals surface area contributed by atoms with Gasteiger partial charge in [-0.2, -0.15) is 4.31 Å². The first-order valence-electron chi connectivity index (χ1n) is 12.3. The molecule has 1 aliphatic heterocycles. The maximum absolute atomic E-state index is 12.0. The van der Waals surface area contributed by atoms with Crippen molar-refractivity contribution in [3.63, 3.8) is 0 Å². The third-order valence-corrected chi connectivity index (χ3v) is 8.92. The fraction of sp³-hybridized carbons (Fsp3) is 0.333. The second kappa shape index (κ2) is 9.99. The van der Waals surface area contributed by atoms with Gasteiger partial charge in [0.1, 0.15) is 11.6 Å². The van der Waals surface area contributed by atoms with Crippen LogP contribution < -0.4 is 4.74 Å². The van der Waals surface area contributed by atoms with Gasteiger partial charge in [-0.25, -0.2) is 9.67 Å². The zero-order chi connectivity index (χ0) is 27.2. The summed E-state index contributed by atoms with van der Waals surface area (Å²) in [6.07, 6.45) is 1.12. The molecule has 5 rings (SSSR count). The van der Waals surface area contributed by atoms with Crippen molar-refractivity contribution < 1.29 is 23.7 Å². The summed E-state index contributed by atoms with van der Waals surface area (Å²) in [4.78, 5) is 16.2. The normalized spacial score (nSPS) is 18.8. The van der Waals surface area contributed by atoms with Crippen LogP contribution in [-0.4, -0.2) is 57.1 Å². The van der Waals surface area contributed by atoms with Crippen LogP contribution in [0.4, 0.5) is 0 Å². The van der Waals surface area contributed by atoms with Gasteiger partial charge in [0, 0.05) is 25.7 Å². The van der Waals surface area contributed by atoms with Gasteiger partial charge in [-0.05, 0) is 66.8 Å². The summed E-state index contributed by atoms with van der Waals surface area (Å²) >= 11 is 0. The van der Waals surface area contributed by atoms with Crippen LogP contribution in [0.3, 0.4) is 0 Å². The second-order valence-electron chi connectivity index (χ2n) is 9.77. The SMILES string of the molecule is Cc1ccc(C(CC(=O)O)c2ccc3c(nnn3C)c2C)cc1CN1CC(C)Oc2cccnc2S1(O)O. The molecule has 2 aromatic heterocycles. The molecule has 200 valence electrons. The van der Waals surface area contributed by atoms with Gasteiger partial charge in [-0.1, -0.05) is 40.3 Å². The Morgan fingerprint density at radius 2 is 2.00 bits per heavy atom. The zero-order valence-corrected chi connectivity index (χ0v) is 22.5. The van der Waals surface area contributed by atoms with Crippen molar-refractivity contribution in [2.45, 2.75) is 50.8 Å². The third kappa shape index (κ3) is 4.73. The second-order valence-corrected chi connectivity index (χ2v) is 11.7. The van der Waals surface area contributed by atoms with Gasteiger partial charge in [0.05, 0.1) is 18.5 Å². The average Bonchev–Trinajstić information content (AvgIpc) is 3.21. The Balaban J connectivity index is 1.54. The number of ether oxygens (including phenoxy) is 1. The number of carbonyl (C=O) groups is 1. The standard InChI is InChI=1S/C27H31N5O5S/c1-16-7-8-19(22(13-25(33)34)21-9-10-23-26(18(21)3)29-30-31(23)4)12-20(16)15-32-14-17(2)37-24-6-5-11-28-27(24)38(32,35)36/h5-12,17,22,35-36H,13-15H2,1-4H3,(H,33,34). The first kappa shape index (κ1) is 26.1. The number of hydrogen-bond donors (Lipinski definition) is 3. The van der Waals surface area contributed by atoms with E-state index in [1.165, 1.54) is 6.20 Å². The van der Waals surface area contributed by atoms with Gasteiger partial charge >= 0.3 is 5.97 Å². The van der Waals surface area contributed by atoms with E-state index in [9.17, 15) is 19.0 Å². The van der Waals surface area contributed by atoms with Crippen molar-refractivity contribution in [1.29, 1.82) is 0 Å². The van der Waals surface area contributed by atoms with E-state index < -0.39 is 22.7 Å². The van der Waals surface area contributed by atoms with Crippen molar-refractivity contribution in [2.75, 3.05) is 6.54 Å². The highest BCUT2D eigenvalue weighted by Gasteiger charge is 2.35. The van der Waals surface area contributed by atoms with Crippen LogP contribution in [0.1, 0.15) is 47.1 Å². The lowest BCUT2D eigenvalue weighted by atomic mass is 9.84. The van der Waals surface area contributed by atoms with E-state index in [1.807, 2.05) is 58.2 Å². The summed E-state index contributed by atoms with van der Waals surface area (Å²) in [5.41, 5.74) is 6.02. The van der Waals surface area contributed by atoms with E-state index in [0.717, 1.165) is 38.9 Å². The number of aliphatic carboxylic acids is 1. The van der Waals surface area contributed by atoms with Crippen molar-refractivity contribution in [1.82, 2.24) is 24.3 Å². The van der Waals surface area contributed by atoms with Gasteiger partial charge in [0.15, 0.2) is 5.75 Å². The van der Waals surface area contributed by atoms with Gasteiger partial charge in [0.2, 0.25) is 5.03 Å². The maximum Gasteiger partial charge on any atom is 0.304 e. The molecule has 0 aliphatic carbocycles. The van der Waals surface area contributed by atoms with Gasteiger partial charge in [-0.3, -0.25) is 13.9 Å². The van der Waals surface area contributed by atoms with Crippen LogP contribution in [0.2, 0.25) is 0 Å². The summed E-state index contributed by atoms with van der Waals surface area (Å²) < 4.78 is 31.8. The minimum Gasteiger partial charge on any atom is -0.486 e. The van der Waals surface area contributed by atoms with Crippen molar-refractivity contribution >= 4 is 27.8 Å². The highest BCUT2D eigenvalue weighted by Crippen LogP contribution is 2.56. The summed E-state index contributed by atoms with van der Waals surface area (Å²) in [7, 11) is -1.59. The number of rotatable bonds is 6. The Bertz CT molecular complexity index is 1520. The maximum atomic E-state index is 12.0. The fourth-order valence-corrected chi connectivity index (χ4v) is 6.64. The molecular weight excluding hydrogens is 506 g/mol. The van der Waals surface area contributed by atoms with E-state index in [4.69, 9.17) is 4.74 Å². The molecule has 4 aromatic rings. The number of fused-ring (bicyclic) bond motifs is 2. The number of aryl methyl sites for hydroxylation is 3. The number of carboxylic acids is 1. The van der Waals surface area contributed by atoms with Crippen LogP contribution in [0.5, 0.6) is 5.75 Å². The van der Waals surface area contributed by atoms with Crippen molar-refractivity contribution in [3.8, 4) is 5.75 Å². The lowest BCUT2D eigenvalue weighted by Crippen LogP contribution is -2.33. The smallest absolute Gasteiger partial charge is 0.304 e. The van der Waals surface area contributed by atoms with Gasteiger partial charge in [-0.15, -0.1) is 5.10 Å². The first-order valence-corrected chi connectivity index (χ1v) is 13.8. The molecule has 0 spiro atoms. The van der Waals surface area contributed by atoms with Crippen LogP contribution >= 0.6 is 10.8 Å². The number of carboxylic acid groups (broad SMARTS) is 1. The zero-order valence-electron chi connectivity index (χ0n) is 21.7. The molecule has 2 unspecified atom stereocenters. The van der Waals surface area contributed by atoms with E-state index in [1.54, 1.807) is 21.1 Å². The predicted octanol–water partition coefficient (Wildman–Crippen LogP) is 4.89. The summed E-state index contributed by atoms with van der Waals surface area (Å²) in [5, 5.41) is 18.3. The molecule has 2 atom stereocenters. The average molecular weight is 538 g/mol. The van der Waals surface area contributed by atoms with E-state index >= 15 is 0 Å². The summed E-state index contributed by atoms with van der Waals surface area (Å²) in [6, 6.07) is 13.1. The molecule has 11 heteroatoms. The third-order valence-electron chi connectivity index (χ3n) is 7.10. The van der Waals surface area contributed by atoms with E-state index in [0.29, 0.717) is 5.75 Å². The Labute approximate surface area is 222 Å². The van der Waals surface area contributed by atoms with Crippen LogP contribution in [0, 0.1) is 13.8 Å². The van der Waals surface area contributed by atoms with Gasteiger partial charge < -0.3 is 9.84 Å². The lowest BCUT2D eigenvalue weighted by Gasteiger charge is -2.40. The molecule has 0 radical (unpaired) electrons.